The van der Waals surface area contributed by atoms with E-state index in [9.17, 15) is 4.79 Å². The van der Waals surface area contributed by atoms with Crippen LogP contribution in [0.1, 0.15) is 19.3 Å². The van der Waals surface area contributed by atoms with E-state index in [1.807, 2.05) is 6.07 Å². The Labute approximate surface area is 144 Å². The Bertz CT molecular complexity index is 851. The zero-order valence-corrected chi connectivity index (χ0v) is 14.1. The van der Waals surface area contributed by atoms with Crippen molar-refractivity contribution in [3.8, 4) is 22.8 Å². The summed E-state index contributed by atoms with van der Waals surface area (Å²) >= 11 is 0. The van der Waals surface area contributed by atoms with Crippen molar-refractivity contribution >= 4 is 23.3 Å². The number of pyridine rings is 1. The summed E-state index contributed by atoms with van der Waals surface area (Å²) in [7, 11) is 3.07. The molecule has 0 radical (unpaired) electrons. The molecule has 0 unspecified atom stereocenters. The van der Waals surface area contributed by atoms with Gasteiger partial charge < -0.3 is 19.8 Å². The van der Waals surface area contributed by atoms with Crippen LogP contribution in [0.3, 0.4) is 0 Å². The molecule has 3 aromatic rings. The standard InChI is InChI=1S/C14H13N5O3.C3H6/c1-21-10-6-17-19-14(22-2)12(10)9-5-15-13-8(9)3-4-11(18-13)16-7-20;1-2-3-1/h3-7H,1-2H3,(H2,15,16,18,20);1-3H2. The van der Waals surface area contributed by atoms with E-state index in [0.29, 0.717) is 35.1 Å². The number of ether oxygens (including phenoxy) is 2. The van der Waals surface area contributed by atoms with Gasteiger partial charge in [-0.05, 0) is 12.1 Å². The lowest BCUT2D eigenvalue weighted by Gasteiger charge is -2.10. The van der Waals surface area contributed by atoms with Crippen molar-refractivity contribution in [1.29, 1.82) is 0 Å². The molecule has 0 saturated heterocycles. The number of aromatic amines is 1. The molecule has 3 aromatic heterocycles. The van der Waals surface area contributed by atoms with Crippen LogP contribution in [0, 0.1) is 0 Å². The number of amides is 1. The van der Waals surface area contributed by atoms with Crippen molar-refractivity contribution < 1.29 is 14.3 Å². The summed E-state index contributed by atoms with van der Waals surface area (Å²) in [6.07, 6.45) is 8.38. The lowest BCUT2D eigenvalue weighted by Crippen LogP contribution is -1.98. The number of nitrogens with zero attached hydrogens (tertiary/aromatic N) is 3. The number of H-pyrrole nitrogens is 1. The first kappa shape index (κ1) is 16.7. The highest BCUT2D eigenvalue weighted by atomic mass is 16.5. The Balaban J connectivity index is 0.000000549. The van der Waals surface area contributed by atoms with Gasteiger partial charge in [-0.1, -0.05) is 19.3 Å². The minimum atomic E-state index is 0.357. The van der Waals surface area contributed by atoms with Crippen molar-refractivity contribution in [2.45, 2.75) is 19.3 Å². The fourth-order valence-electron chi connectivity index (χ4n) is 2.25. The second kappa shape index (κ2) is 7.61. The van der Waals surface area contributed by atoms with Gasteiger partial charge >= 0.3 is 0 Å². The number of nitrogens with one attached hydrogen (secondary N) is 2. The van der Waals surface area contributed by atoms with Crippen LogP contribution in [-0.2, 0) is 4.79 Å². The lowest BCUT2D eigenvalue weighted by atomic mass is 10.1. The monoisotopic (exact) mass is 341 g/mol. The van der Waals surface area contributed by atoms with Gasteiger partial charge in [0.1, 0.15) is 11.5 Å². The molecule has 0 aliphatic heterocycles. The van der Waals surface area contributed by atoms with E-state index in [1.54, 1.807) is 19.4 Å². The molecular weight excluding hydrogens is 322 g/mol. The highest BCUT2D eigenvalue weighted by Crippen LogP contribution is 2.39. The van der Waals surface area contributed by atoms with Crippen molar-refractivity contribution in [2.24, 2.45) is 0 Å². The van der Waals surface area contributed by atoms with Crippen LogP contribution in [-0.4, -0.2) is 40.8 Å². The second-order valence-electron chi connectivity index (χ2n) is 5.42. The largest absolute Gasteiger partial charge is 0.494 e. The van der Waals surface area contributed by atoms with E-state index in [1.165, 1.54) is 32.6 Å². The van der Waals surface area contributed by atoms with Gasteiger partial charge in [0.2, 0.25) is 12.3 Å². The van der Waals surface area contributed by atoms with Crippen LogP contribution in [0.15, 0.2) is 24.5 Å². The fourth-order valence-corrected chi connectivity index (χ4v) is 2.25. The minimum Gasteiger partial charge on any atom is -0.494 e. The van der Waals surface area contributed by atoms with Crippen molar-refractivity contribution in [3.63, 3.8) is 0 Å². The summed E-state index contributed by atoms with van der Waals surface area (Å²) < 4.78 is 10.6. The third kappa shape index (κ3) is 3.68. The number of hydrogen-bond donors (Lipinski definition) is 2. The van der Waals surface area contributed by atoms with Crippen molar-refractivity contribution in [3.05, 3.63) is 24.5 Å². The third-order valence-corrected chi connectivity index (χ3v) is 3.57. The topological polar surface area (TPSA) is 102 Å². The number of rotatable bonds is 5. The van der Waals surface area contributed by atoms with Crippen molar-refractivity contribution in [2.75, 3.05) is 19.5 Å². The van der Waals surface area contributed by atoms with Crippen LogP contribution >= 0.6 is 0 Å². The van der Waals surface area contributed by atoms with Crippen LogP contribution < -0.4 is 14.8 Å². The van der Waals surface area contributed by atoms with Gasteiger partial charge in [0.15, 0.2) is 5.75 Å². The van der Waals surface area contributed by atoms with E-state index in [4.69, 9.17) is 9.47 Å². The summed E-state index contributed by atoms with van der Waals surface area (Å²) in [6.45, 7) is 0. The Hall–Kier alpha value is -3.16. The maximum Gasteiger partial charge on any atom is 0.244 e. The number of methoxy groups -OCH3 is 2. The molecule has 0 spiro atoms. The predicted molar refractivity (Wildman–Crippen MR) is 93.8 cm³/mol. The molecule has 1 aliphatic carbocycles. The normalized spacial score (nSPS) is 12.1. The zero-order valence-electron chi connectivity index (χ0n) is 14.1. The van der Waals surface area contributed by atoms with Gasteiger partial charge in [-0.25, -0.2) is 4.98 Å². The van der Waals surface area contributed by atoms with E-state index in [2.05, 4.69) is 25.5 Å². The van der Waals surface area contributed by atoms with Gasteiger partial charge in [-0.2, -0.15) is 5.10 Å². The van der Waals surface area contributed by atoms with Gasteiger partial charge in [0.25, 0.3) is 0 Å². The Morgan fingerprint density at radius 2 is 2.00 bits per heavy atom. The highest BCUT2D eigenvalue weighted by molar-refractivity contribution is 5.97. The average Bonchev–Trinajstić information content (AvgIpc) is 3.48. The first-order chi connectivity index (χ1) is 12.3. The highest BCUT2D eigenvalue weighted by Gasteiger charge is 2.18. The molecule has 1 aliphatic rings. The average molecular weight is 341 g/mol. The molecule has 4 rings (SSSR count). The molecule has 1 fully saturated rings. The number of carbonyl (C=O) groups excluding carboxylic acids is 1. The summed E-state index contributed by atoms with van der Waals surface area (Å²) in [4.78, 5) is 17.9. The summed E-state index contributed by atoms with van der Waals surface area (Å²) in [5.74, 6) is 1.36. The number of fused-ring (bicyclic) bond motifs is 1. The summed E-state index contributed by atoms with van der Waals surface area (Å²) in [6, 6.07) is 3.56. The fraction of sp³-hybridized carbons (Fsp3) is 0.294. The molecule has 1 amide bonds. The zero-order chi connectivity index (χ0) is 17.6. The smallest absolute Gasteiger partial charge is 0.244 e. The Morgan fingerprint density at radius 1 is 1.20 bits per heavy atom. The molecule has 0 bridgehead atoms. The molecule has 0 atom stereocenters. The van der Waals surface area contributed by atoms with Gasteiger partial charge in [0.05, 0.1) is 26.0 Å². The van der Waals surface area contributed by atoms with Gasteiger partial charge in [-0.3, -0.25) is 4.79 Å². The van der Waals surface area contributed by atoms with Crippen LogP contribution in [0.4, 0.5) is 5.82 Å². The summed E-state index contributed by atoms with van der Waals surface area (Å²) in [5.41, 5.74) is 2.13. The summed E-state index contributed by atoms with van der Waals surface area (Å²) in [5, 5.41) is 11.2. The molecule has 25 heavy (non-hydrogen) atoms. The molecule has 130 valence electrons. The quantitative estimate of drug-likeness (QED) is 0.692. The number of hydrogen-bond acceptors (Lipinski definition) is 6. The van der Waals surface area contributed by atoms with Crippen LogP contribution in [0.5, 0.6) is 11.6 Å². The number of aromatic nitrogens is 4. The molecule has 8 nitrogen and oxygen atoms in total. The second-order valence-corrected chi connectivity index (χ2v) is 5.42. The first-order valence-electron chi connectivity index (χ1n) is 7.90. The molecule has 1 saturated carbocycles. The first-order valence-corrected chi connectivity index (χ1v) is 7.90. The van der Waals surface area contributed by atoms with E-state index >= 15 is 0 Å². The van der Waals surface area contributed by atoms with E-state index < -0.39 is 0 Å². The molecular formula is C17H19N5O3. The molecule has 3 heterocycles. The van der Waals surface area contributed by atoms with E-state index in [0.717, 1.165) is 10.9 Å². The lowest BCUT2D eigenvalue weighted by molar-refractivity contribution is -0.105. The van der Waals surface area contributed by atoms with Crippen LogP contribution in [0.2, 0.25) is 0 Å². The maximum absolute atomic E-state index is 10.5. The predicted octanol–water partition coefficient (Wildman–Crippen LogP) is 2.78. The minimum absolute atomic E-state index is 0.357. The van der Waals surface area contributed by atoms with Crippen LogP contribution in [0.25, 0.3) is 22.2 Å². The number of carbonyl (C=O) groups is 1. The Kier molecular flexibility index (Phi) is 5.08. The maximum atomic E-state index is 10.5. The van der Waals surface area contributed by atoms with Gasteiger partial charge in [-0.15, -0.1) is 5.10 Å². The molecule has 8 heteroatoms. The van der Waals surface area contributed by atoms with Gasteiger partial charge in [0, 0.05) is 17.1 Å². The number of anilines is 1. The van der Waals surface area contributed by atoms with E-state index in [-0.39, 0.29) is 0 Å². The third-order valence-electron chi connectivity index (χ3n) is 3.57. The Morgan fingerprint density at radius 3 is 2.64 bits per heavy atom. The van der Waals surface area contributed by atoms with Crippen molar-refractivity contribution in [1.82, 2.24) is 20.2 Å². The molecule has 0 aromatic carbocycles. The molecule has 2 N–H and O–H groups in total. The SMILES string of the molecule is C1CC1.COc1cnnc(OC)c1-c1c[nH]c2nc(NC=O)ccc12.